The molecule has 0 saturated carbocycles. The molecule has 0 radical (unpaired) electrons. The number of ketones is 1. The minimum absolute atomic E-state index is 0.0833. The van der Waals surface area contributed by atoms with Gasteiger partial charge in [-0.25, -0.2) is 4.39 Å². The van der Waals surface area contributed by atoms with Crippen LogP contribution in [0.25, 0.3) is 0 Å². The van der Waals surface area contributed by atoms with Gasteiger partial charge in [-0.3, -0.25) is 4.79 Å². The molecule has 4 nitrogen and oxygen atoms in total. The van der Waals surface area contributed by atoms with Crippen LogP contribution in [0.15, 0.2) is 6.07 Å². The zero-order valence-electron chi connectivity index (χ0n) is 8.80. The van der Waals surface area contributed by atoms with Gasteiger partial charge in [-0.1, -0.05) is 0 Å². The van der Waals surface area contributed by atoms with Gasteiger partial charge in [-0.15, -0.1) is 0 Å². The number of halogens is 2. The highest BCUT2D eigenvalue weighted by Crippen LogP contribution is 2.32. The highest BCUT2D eigenvalue weighted by atomic mass is 19.1. The summed E-state index contributed by atoms with van der Waals surface area (Å²) >= 11 is 0. The molecule has 1 rings (SSSR count). The number of carbonyl (C=O) groups is 1. The Morgan fingerprint density at radius 2 is 2.19 bits per heavy atom. The van der Waals surface area contributed by atoms with Crippen molar-refractivity contribution in [2.75, 3.05) is 20.7 Å². The summed E-state index contributed by atoms with van der Waals surface area (Å²) in [6.45, 7) is -0.0833. The number of nitrogens with one attached hydrogen (secondary N) is 1. The normalized spacial score (nSPS) is 10.2. The number of phenolic OH excluding ortho intramolecular Hbond substituents is 1. The molecule has 0 aliphatic carbocycles. The summed E-state index contributed by atoms with van der Waals surface area (Å²) in [5.74, 6) is -4.62. The summed E-state index contributed by atoms with van der Waals surface area (Å²) in [7, 11) is 2.66. The number of carbonyl (C=O) groups excluding carboxylic acids is 1. The number of aromatic hydroxyl groups is 1. The van der Waals surface area contributed by atoms with E-state index in [4.69, 9.17) is 5.11 Å². The third-order valence-electron chi connectivity index (χ3n) is 1.99. The highest BCUT2D eigenvalue weighted by molar-refractivity contribution is 6.00. The van der Waals surface area contributed by atoms with E-state index in [0.29, 0.717) is 0 Å². The number of rotatable bonds is 4. The largest absolute Gasteiger partial charge is 0.503 e. The topological polar surface area (TPSA) is 58.6 Å². The van der Waals surface area contributed by atoms with E-state index < -0.39 is 28.9 Å². The van der Waals surface area contributed by atoms with E-state index in [9.17, 15) is 13.6 Å². The maximum Gasteiger partial charge on any atom is 0.210 e. The Morgan fingerprint density at radius 3 is 2.69 bits per heavy atom. The predicted octanol–water partition coefficient (Wildman–Crippen LogP) is 1.08. The zero-order valence-corrected chi connectivity index (χ0v) is 8.80. The maximum atomic E-state index is 13.3. The average Bonchev–Trinajstić information content (AvgIpc) is 2.26. The molecule has 0 bridgehead atoms. The lowest BCUT2D eigenvalue weighted by Crippen LogP contribution is -2.19. The highest BCUT2D eigenvalue weighted by Gasteiger charge is 2.22. The summed E-state index contributed by atoms with van der Waals surface area (Å²) in [5.41, 5.74) is -0.246. The molecule has 0 saturated heterocycles. The van der Waals surface area contributed by atoms with E-state index in [0.717, 1.165) is 13.2 Å². The molecule has 88 valence electrons. The molecule has 0 aliphatic rings. The van der Waals surface area contributed by atoms with Crippen LogP contribution in [0.2, 0.25) is 0 Å². The molecular weight excluding hydrogens is 220 g/mol. The lowest BCUT2D eigenvalue weighted by molar-refractivity contribution is 0.0989. The smallest absolute Gasteiger partial charge is 0.210 e. The first-order valence-electron chi connectivity index (χ1n) is 4.45. The quantitative estimate of drug-likeness (QED) is 0.761. The van der Waals surface area contributed by atoms with Crippen LogP contribution in [-0.2, 0) is 0 Å². The lowest BCUT2D eigenvalue weighted by Gasteiger charge is -2.10. The number of methoxy groups -OCH3 is 1. The summed E-state index contributed by atoms with van der Waals surface area (Å²) in [6.07, 6.45) is 0. The van der Waals surface area contributed by atoms with Crippen molar-refractivity contribution in [3.63, 3.8) is 0 Å². The van der Waals surface area contributed by atoms with Crippen LogP contribution in [-0.4, -0.2) is 31.6 Å². The molecule has 0 amide bonds. The summed E-state index contributed by atoms with van der Waals surface area (Å²) in [6, 6.07) is 0.747. The van der Waals surface area contributed by atoms with Crippen molar-refractivity contribution in [1.82, 2.24) is 5.32 Å². The van der Waals surface area contributed by atoms with Crippen LogP contribution in [0, 0.1) is 11.6 Å². The van der Waals surface area contributed by atoms with Crippen LogP contribution in [0.1, 0.15) is 10.4 Å². The molecule has 0 aromatic heterocycles. The Labute approximate surface area is 90.8 Å². The van der Waals surface area contributed by atoms with Gasteiger partial charge in [-0.05, 0) is 13.1 Å². The van der Waals surface area contributed by atoms with Gasteiger partial charge in [0.05, 0.1) is 19.2 Å². The molecule has 1 aromatic rings. The monoisotopic (exact) mass is 231 g/mol. The van der Waals surface area contributed by atoms with Gasteiger partial charge in [0.2, 0.25) is 5.82 Å². The molecule has 0 spiro atoms. The number of hydrogen-bond donors (Lipinski definition) is 2. The number of benzene rings is 1. The van der Waals surface area contributed by atoms with Crippen LogP contribution in [0.3, 0.4) is 0 Å². The molecule has 16 heavy (non-hydrogen) atoms. The standard InChI is InChI=1S/C10H11F2NO3/c1-13-4-7(14)5-3-6(11)9(15)8(12)10(5)16-2/h3,13,15H,4H2,1-2H3. The molecule has 6 heteroatoms. The Morgan fingerprint density at radius 1 is 1.56 bits per heavy atom. The molecule has 0 atom stereocenters. The van der Waals surface area contributed by atoms with E-state index in [2.05, 4.69) is 10.1 Å². The van der Waals surface area contributed by atoms with Crippen molar-refractivity contribution >= 4 is 5.78 Å². The fourth-order valence-electron chi connectivity index (χ4n) is 1.25. The van der Waals surface area contributed by atoms with Crippen molar-refractivity contribution < 1.29 is 23.4 Å². The van der Waals surface area contributed by atoms with Crippen molar-refractivity contribution in [2.45, 2.75) is 0 Å². The van der Waals surface area contributed by atoms with Crippen molar-refractivity contribution in [2.24, 2.45) is 0 Å². The molecule has 0 heterocycles. The first-order valence-corrected chi connectivity index (χ1v) is 4.45. The Hall–Kier alpha value is -1.69. The van der Waals surface area contributed by atoms with Gasteiger partial charge in [0.25, 0.3) is 0 Å². The van der Waals surface area contributed by atoms with E-state index in [-0.39, 0.29) is 12.1 Å². The summed E-state index contributed by atoms with van der Waals surface area (Å²) in [4.78, 5) is 11.5. The van der Waals surface area contributed by atoms with Crippen molar-refractivity contribution in [3.8, 4) is 11.5 Å². The average molecular weight is 231 g/mol. The van der Waals surface area contributed by atoms with Gasteiger partial charge in [-0.2, -0.15) is 4.39 Å². The number of hydrogen-bond acceptors (Lipinski definition) is 4. The lowest BCUT2D eigenvalue weighted by atomic mass is 10.1. The second-order valence-corrected chi connectivity index (χ2v) is 3.06. The van der Waals surface area contributed by atoms with Gasteiger partial charge in [0.15, 0.2) is 23.1 Å². The van der Waals surface area contributed by atoms with Crippen LogP contribution >= 0.6 is 0 Å². The number of likely N-dealkylation sites (N-methyl/N-ethyl adjacent to an activating group) is 1. The number of ether oxygens (including phenoxy) is 1. The fourth-order valence-corrected chi connectivity index (χ4v) is 1.25. The van der Waals surface area contributed by atoms with Crippen molar-refractivity contribution in [1.29, 1.82) is 0 Å². The Balaban J connectivity index is 3.33. The Kier molecular flexibility index (Phi) is 3.78. The number of Topliss-reactive ketones (excluding diaryl/α,β-unsaturated/α-hetero) is 1. The van der Waals surface area contributed by atoms with E-state index in [1.54, 1.807) is 0 Å². The third-order valence-corrected chi connectivity index (χ3v) is 1.99. The second kappa shape index (κ2) is 4.89. The van der Waals surface area contributed by atoms with Crippen LogP contribution in [0.5, 0.6) is 11.5 Å². The molecule has 0 unspecified atom stereocenters. The van der Waals surface area contributed by atoms with Gasteiger partial charge < -0.3 is 15.2 Å². The second-order valence-electron chi connectivity index (χ2n) is 3.06. The van der Waals surface area contributed by atoms with E-state index in [1.807, 2.05) is 0 Å². The summed E-state index contributed by atoms with van der Waals surface area (Å²) in [5, 5.41) is 11.6. The zero-order chi connectivity index (χ0) is 12.3. The first-order chi connectivity index (χ1) is 7.52. The van der Waals surface area contributed by atoms with Gasteiger partial charge >= 0.3 is 0 Å². The first kappa shape index (κ1) is 12.4. The minimum Gasteiger partial charge on any atom is -0.503 e. The molecular formula is C10H11F2NO3. The SMILES string of the molecule is CNCC(=O)c1cc(F)c(O)c(F)c1OC. The van der Waals surface area contributed by atoms with E-state index in [1.165, 1.54) is 7.05 Å². The maximum absolute atomic E-state index is 13.3. The van der Waals surface area contributed by atoms with Crippen LogP contribution in [0.4, 0.5) is 8.78 Å². The predicted molar refractivity (Wildman–Crippen MR) is 52.8 cm³/mol. The number of phenols is 1. The molecule has 0 aliphatic heterocycles. The van der Waals surface area contributed by atoms with Crippen molar-refractivity contribution in [3.05, 3.63) is 23.3 Å². The van der Waals surface area contributed by atoms with E-state index >= 15 is 0 Å². The summed E-state index contributed by atoms with van der Waals surface area (Å²) < 4.78 is 31.0. The van der Waals surface area contributed by atoms with Gasteiger partial charge in [0.1, 0.15) is 0 Å². The Bertz CT molecular complexity index is 421. The minimum atomic E-state index is -1.28. The fraction of sp³-hybridized carbons (Fsp3) is 0.300. The van der Waals surface area contributed by atoms with Crippen LogP contribution < -0.4 is 10.1 Å². The molecule has 0 fully saturated rings. The third kappa shape index (κ3) is 2.11. The van der Waals surface area contributed by atoms with Gasteiger partial charge in [0, 0.05) is 0 Å². The molecule has 1 aromatic carbocycles. The molecule has 2 N–H and O–H groups in total.